The van der Waals surface area contributed by atoms with Gasteiger partial charge < -0.3 is 14.8 Å². The van der Waals surface area contributed by atoms with E-state index in [-0.39, 0.29) is 30.1 Å². The van der Waals surface area contributed by atoms with E-state index in [1.54, 1.807) is 36.4 Å². The van der Waals surface area contributed by atoms with Gasteiger partial charge in [0, 0.05) is 13.2 Å². The van der Waals surface area contributed by atoms with Gasteiger partial charge in [0.15, 0.2) is 11.5 Å². The molecule has 0 aromatic heterocycles. The van der Waals surface area contributed by atoms with E-state index in [4.69, 9.17) is 9.47 Å². The molecule has 0 aliphatic carbocycles. The summed E-state index contributed by atoms with van der Waals surface area (Å²) >= 11 is 0. The number of carbonyl (C=O) groups excluding carboxylic acids is 2. The van der Waals surface area contributed by atoms with E-state index >= 15 is 0 Å². The Kier molecular flexibility index (Phi) is 5.57. The summed E-state index contributed by atoms with van der Waals surface area (Å²) in [5, 5.41) is 2.83. The second kappa shape index (κ2) is 8.45. The molecule has 6 nitrogen and oxygen atoms in total. The Morgan fingerprint density at radius 1 is 1.21 bits per heavy atom. The first-order chi connectivity index (χ1) is 14.1. The van der Waals surface area contributed by atoms with Crippen LogP contribution in [0.25, 0.3) is 6.08 Å². The second-order valence-electron chi connectivity index (χ2n) is 6.96. The minimum Gasteiger partial charge on any atom is -0.449 e. The Bertz CT molecular complexity index is 936. The highest BCUT2D eigenvalue weighted by Gasteiger charge is 2.31. The minimum atomic E-state index is -0.430. The first-order valence-corrected chi connectivity index (χ1v) is 9.54. The zero-order valence-electron chi connectivity index (χ0n) is 15.8. The van der Waals surface area contributed by atoms with Crippen LogP contribution in [0.3, 0.4) is 0 Å². The van der Waals surface area contributed by atoms with Crippen LogP contribution in [-0.2, 0) is 14.3 Å². The number of amides is 2. The summed E-state index contributed by atoms with van der Waals surface area (Å²) in [4.78, 5) is 26.9. The smallest absolute Gasteiger partial charge is 0.294 e. The number of para-hydroxylation sites is 2. The average molecular weight is 396 g/mol. The largest absolute Gasteiger partial charge is 0.449 e. The van der Waals surface area contributed by atoms with E-state index in [0.717, 1.165) is 12.8 Å². The Morgan fingerprint density at radius 2 is 2.00 bits per heavy atom. The van der Waals surface area contributed by atoms with E-state index in [2.05, 4.69) is 5.32 Å². The van der Waals surface area contributed by atoms with Crippen molar-refractivity contribution in [1.29, 1.82) is 0 Å². The molecule has 2 amide bonds. The maximum Gasteiger partial charge on any atom is 0.294 e. The zero-order valence-corrected chi connectivity index (χ0v) is 15.8. The first kappa shape index (κ1) is 19.1. The van der Waals surface area contributed by atoms with Crippen LogP contribution in [0.15, 0.2) is 54.3 Å². The van der Waals surface area contributed by atoms with Gasteiger partial charge in [-0.3, -0.25) is 14.5 Å². The lowest BCUT2D eigenvalue weighted by Crippen LogP contribution is -2.45. The number of rotatable bonds is 5. The molecule has 0 radical (unpaired) electrons. The summed E-state index contributed by atoms with van der Waals surface area (Å²) in [6.45, 7) is 1.01. The molecule has 7 heteroatoms. The van der Waals surface area contributed by atoms with E-state index in [1.807, 2.05) is 0 Å². The number of benzene rings is 2. The van der Waals surface area contributed by atoms with Gasteiger partial charge in [0.05, 0.1) is 11.8 Å². The lowest BCUT2D eigenvalue weighted by Gasteiger charge is -2.30. The van der Waals surface area contributed by atoms with Gasteiger partial charge in [-0.05, 0) is 48.7 Å². The molecule has 2 aromatic carbocycles. The van der Waals surface area contributed by atoms with E-state index in [1.165, 1.54) is 23.1 Å². The van der Waals surface area contributed by atoms with Gasteiger partial charge in [-0.2, -0.15) is 0 Å². The van der Waals surface area contributed by atoms with E-state index in [9.17, 15) is 14.0 Å². The Hall–Kier alpha value is -3.19. The fraction of sp³-hybridized carbons (Fsp3) is 0.273. The lowest BCUT2D eigenvalue weighted by atomic mass is 10.1. The molecule has 0 saturated carbocycles. The number of carbonyl (C=O) groups is 2. The molecule has 2 aliphatic heterocycles. The third-order valence-electron chi connectivity index (χ3n) is 4.85. The van der Waals surface area contributed by atoms with Crippen molar-refractivity contribution in [2.75, 3.05) is 24.6 Å². The molecule has 29 heavy (non-hydrogen) atoms. The predicted molar refractivity (Wildman–Crippen MR) is 106 cm³/mol. The monoisotopic (exact) mass is 396 g/mol. The van der Waals surface area contributed by atoms with Gasteiger partial charge in [-0.25, -0.2) is 4.39 Å². The molecular weight excluding hydrogens is 375 g/mol. The number of nitrogens with zero attached hydrogens (tertiary/aromatic N) is 1. The van der Waals surface area contributed by atoms with E-state index < -0.39 is 5.91 Å². The number of hydrogen-bond acceptors (Lipinski definition) is 4. The normalized spacial score (nSPS) is 19.8. The molecule has 1 atom stereocenters. The first-order valence-electron chi connectivity index (χ1n) is 9.54. The summed E-state index contributed by atoms with van der Waals surface area (Å²) < 4.78 is 24.4. The third kappa shape index (κ3) is 4.46. The Labute approximate surface area is 167 Å². The maximum absolute atomic E-state index is 13.1. The summed E-state index contributed by atoms with van der Waals surface area (Å²) in [7, 11) is 0. The molecule has 2 aromatic rings. The van der Waals surface area contributed by atoms with Gasteiger partial charge in [0.1, 0.15) is 12.4 Å². The molecule has 0 spiro atoms. The standard InChI is InChI=1S/C22H21FN2O4/c23-16-9-7-15(8-10-16)12-20-22(27)25(18-5-1-2-6-19(18)29-20)14-21(26)24-13-17-4-3-11-28-17/h1-2,5-10,12,17H,3-4,11,13-14H2,(H,24,26)/b20-12+. The summed E-state index contributed by atoms with van der Waals surface area (Å²) in [5.41, 5.74) is 1.15. The average Bonchev–Trinajstić information content (AvgIpc) is 3.25. The van der Waals surface area contributed by atoms with Crippen LogP contribution < -0.4 is 15.0 Å². The topological polar surface area (TPSA) is 67.9 Å². The van der Waals surface area contributed by atoms with Crippen LogP contribution in [-0.4, -0.2) is 37.6 Å². The highest BCUT2D eigenvalue weighted by molar-refractivity contribution is 6.12. The van der Waals surface area contributed by atoms with Crippen LogP contribution in [0.5, 0.6) is 5.75 Å². The van der Waals surface area contributed by atoms with Crippen molar-refractivity contribution >= 4 is 23.6 Å². The number of nitrogens with one attached hydrogen (secondary N) is 1. The van der Waals surface area contributed by atoms with Crippen molar-refractivity contribution in [2.45, 2.75) is 18.9 Å². The number of anilines is 1. The number of fused-ring (bicyclic) bond motifs is 1. The second-order valence-corrected chi connectivity index (χ2v) is 6.96. The SMILES string of the molecule is O=C(CN1C(=O)/C(=C\c2ccc(F)cc2)Oc2ccccc21)NCC1CCCO1. The van der Waals surface area contributed by atoms with Gasteiger partial charge in [-0.1, -0.05) is 24.3 Å². The molecule has 2 heterocycles. The zero-order chi connectivity index (χ0) is 20.2. The van der Waals surface area contributed by atoms with Crippen LogP contribution in [0, 0.1) is 5.82 Å². The van der Waals surface area contributed by atoms with Crippen LogP contribution in [0.2, 0.25) is 0 Å². The number of halogens is 1. The molecular formula is C22H21FN2O4. The quantitative estimate of drug-likeness (QED) is 0.790. The minimum absolute atomic E-state index is 0.0283. The van der Waals surface area contributed by atoms with Gasteiger partial charge in [0.2, 0.25) is 5.91 Å². The summed E-state index contributed by atoms with van der Waals surface area (Å²) in [6.07, 6.45) is 3.48. The molecule has 1 unspecified atom stereocenters. The van der Waals surface area contributed by atoms with Crippen molar-refractivity contribution in [3.05, 3.63) is 65.7 Å². The highest BCUT2D eigenvalue weighted by Crippen LogP contribution is 2.35. The fourth-order valence-electron chi connectivity index (χ4n) is 3.36. The number of ether oxygens (including phenoxy) is 2. The van der Waals surface area contributed by atoms with Crippen molar-refractivity contribution in [3.8, 4) is 5.75 Å². The molecule has 1 fully saturated rings. The molecule has 150 valence electrons. The summed E-state index contributed by atoms with van der Waals surface area (Å²) in [5.74, 6) is -0.514. The molecule has 0 bridgehead atoms. The molecule has 2 aliphatic rings. The molecule has 1 saturated heterocycles. The maximum atomic E-state index is 13.1. The van der Waals surface area contributed by atoms with Crippen LogP contribution in [0.4, 0.5) is 10.1 Å². The van der Waals surface area contributed by atoms with Crippen molar-refractivity contribution in [2.24, 2.45) is 0 Å². The van der Waals surface area contributed by atoms with Crippen LogP contribution in [0.1, 0.15) is 18.4 Å². The van der Waals surface area contributed by atoms with Crippen molar-refractivity contribution < 1.29 is 23.5 Å². The highest BCUT2D eigenvalue weighted by atomic mass is 19.1. The Morgan fingerprint density at radius 3 is 2.76 bits per heavy atom. The fourth-order valence-corrected chi connectivity index (χ4v) is 3.36. The van der Waals surface area contributed by atoms with Gasteiger partial charge in [0.25, 0.3) is 5.91 Å². The van der Waals surface area contributed by atoms with Crippen molar-refractivity contribution in [1.82, 2.24) is 5.32 Å². The predicted octanol–water partition coefficient (Wildman–Crippen LogP) is 2.89. The van der Waals surface area contributed by atoms with Crippen molar-refractivity contribution in [3.63, 3.8) is 0 Å². The third-order valence-corrected chi connectivity index (χ3v) is 4.85. The molecule has 4 rings (SSSR count). The number of hydrogen-bond donors (Lipinski definition) is 1. The summed E-state index contributed by atoms with van der Waals surface area (Å²) in [6, 6.07) is 12.8. The lowest BCUT2D eigenvalue weighted by molar-refractivity contribution is -0.123. The molecule has 1 N–H and O–H groups in total. The van der Waals surface area contributed by atoms with Crippen LogP contribution >= 0.6 is 0 Å². The van der Waals surface area contributed by atoms with Gasteiger partial charge >= 0.3 is 0 Å². The van der Waals surface area contributed by atoms with E-state index in [0.29, 0.717) is 30.2 Å². The Balaban J connectivity index is 1.53. The van der Waals surface area contributed by atoms with Gasteiger partial charge in [-0.15, -0.1) is 0 Å².